The highest BCUT2D eigenvalue weighted by Gasteiger charge is 2.36. The highest BCUT2D eigenvalue weighted by Crippen LogP contribution is 2.37. The molecule has 0 bridgehead atoms. The largest absolute Gasteiger partial charge is 0.433 e. The molecule has 1 aromatic carbocycles. The standard InChI is InChI=1S/C22H13F6N7O/c1-10-6-11(2-3-14(10)21(23,24)25)15-8-16(22(26,27)28)35-19(32-15)13(9-31-35)20-33-18(34-36-20)12-4-5-30-17(29)7-12/h2-9H,1H3,(H2,29,30). The normalized spacial score (nSPS) is 12.4. The molecule has 0 aliphatic rings. The van der Waals surface area contributed by atoms with Crippen LogP contribution in [0, 0.1) is 6.92 Å². The quantitative estimate of drug-likeness (QED) is 0.326. The number of halogens is 6. The number of fused-ring (bicyclic) bond motifs is 1. The highest BCUT2D eigenvalue weighted by atomic mass is 19.4. The zero-order chi connectivity index (χ0) is 25.8. The van der Waals surface area contributed by atoms with Crippen molar-refractivity contribution in [2.75, 3.05) is 5.73 Å². The van der Waals surface area contributed by atoms with E-state index in [1.807, 2.05) is 0 Å². The van der Waals surface area contributed by atoms with Crippen LogP contribution in [0.2, 0.25) is 0 Å². The Hall–Kier alpha value is -4.49. The molecule has 0 unspecified atom stereocenters. The fourth-order valence-electron chi connectivity index (χ4n) is 3.64. The molecular formula is C22H13F6N7O. The van der Waals surface area contributed by atoms with Gasteiger partial charge in [0.2, 0.25) is 5.82 Å². The van der Waals surface area contributed by atoms with Crippen LogP contribution < -0.4 is 5.73 Å². The number of hydrogen-bond donors (Lipinski definition) is 1. The second kappa shape index (κ2) is 8.03. The van der Waals surface area contributed by atoms with Gasteiger partial charge >= 0.3 is 12.4 Å². The summed E-state index contributed by atoms with van der Waals surface area (Å²) in [5.41, 5.74) is 3.42. The Kier molecular flexibility index (Phi) is 5.19. The Labute approximate surface area is 197 Å². The molecule has 0 saturated carbocycles. The van der Waals surface area contributed by atoms with Crippen molar-refractivity contribution in [3.8, 4) is 34.1 Å². The van der Waals surface area contributed by atoms with Crippen LogP contribution in [-0.4, -0.2) is 29.7 Å². The number of hydrogen-bond acceptors (Lipinski definition) is 7. The van der Waals surface area contributed by atoms with E-state index in [-0.39, 0.29) is 45.6 Å². The van der Waals surface area contributed by atoms with E-state index in [0.29, 0.717) is 16.1 Å². The summed E-state index contributed by atoms with van der Waals surface area (Å²) in [4.78, 5) is 12.3. The third-order valence-electron chi connectivity index (χ3n) is 5.29. The van der Waals surface area contributed by atoms with Crippen LogP contribution in [-0.2, 0) is 12.4 Å². The van der Waals surface area contributed by atoms with Gasteiger partial charge in [-0.15, -0.1) is 0 Å². The highest BCUT2D eigenvalue weighted by molar-refractivity contribution is 5.75. The van der Waals surface area contributed by atoms with Gasteiger partial charge < -0.3 is 10.3 Å². The molecule has 0 fully saturated rings. The van der Waals surface area contributed by atoms with Gasteiger partial charge in [-0.05, 0) is 42.8 Å². The smallest absolute Gasteiger partial charge is 0.384 e. The number of aromatic nitrogens is 6. The third kappa shape index (κ3) is 4.10. The number of nitrogen functional groups attached to an aromatic ring is 1. The van der Waals surface area contributed by atoms with Crippen LogP contribution in [0.25, 0.3) is 39.7 Å². The summed E-state index contributed by atoms with van der Waals surface area (Å²) in [7, 11) is 0. The summed E-state index contributed by atoms with van der Waals surface area (Å²) >= 11 is 0. The predicted molar refractivity (Wildman–Crippen MR) is 114 cm³/mol. The number of benzene rings is 1. The Bertz CT molecular complexity index is 1600. The van der Waals surface area contributed by atoms with E-state index in [0.717, 1.165) is 24.4 Å². The first-order valence-electron chi connectivity index (χ1n) is 10.1. The van der Waals surface area contributed by atoms with Gasteiger partial charge in [0.1, 0.15) is 11.4 Å². The minimum absolute atomic E-state index is 0.00763. The zero-order valence-corrected chi connectivity index (χ0v) is 18.1. The van der Waals surface area contributed by atoms with E-state index in [9.17, 15) is 26.3 Å². The Balaban J connectivity index is 1.67. The first-order chi connectivity index (χ1) is 16.9. The molecule has 36 heavy (non-hydrogen) atoms. The lowest BCUT2D eigenvalue weighted by Gasteiger charge is -2.14. The van der Waals surface area contributed by atoms with Crippen LogP contribution in [0.15, 0.2) is 53.3 Å². The van der Waals surface area contributed by atoms with Gasteiger partial charge in [0.15, 0.2) is 11.3 Å². The maximum atomic E-state index is 13.9. The second-order valence-electron chi connectivity index (χ2n) is 7.74. The van der Waals surface area contributed by atoms with Crippen molar-refractivity contribution in [3.05, 3.63) is 65.6 Å². The molecule has 4 heterocycles. The fourth-order valence-corrected chi connectivity index (χ4v) is 3.64. The van der Waals surface area contributed by atoms with E-state index in [2.05, 4.69) is 25.2 Å². The van der Waals surface area contributed by atoms with Crippen molar-refractivity contribution < 1.29 is 30.9 Å². The first kappa shape index (κ1) is 23.3. The van der Waals surface area contributed by atoms with Crippen LogP contribution in [0.5, 0.6) is 0 Å². The van der Waals surface area contributed by atoms with Crippen LogP contribution in [0.1, 0.15) is 16.8 Å². The number of pyridine rings is 1. The number of nitrogens with zero attached hydrogens (tertiary/aromatic N) is 6. The van der Waals surface area contributed by atoms with Gasteiger partial charge in [-0.25, -0.2) is 14.5 Å². The average Bonchev–Trinajstić information content (AvgIpc) is 3.44. The molecule has 14 heteroatoms. The molecule has 4 aromatic heterocycles. The summed E-state index contributed by atoms with van der Waals surface area (Å²) in [6.45, 7) is 1.21. The van der Waals surface area contributed by atoms with Crippen molar-refractivity contribution in [1.29, 1.82) is 0 Å². The summed E-state index contributed by atoms with van der Waals surface area (Å²) in [5.74, 6) is 0.128. The van der Waals surface area contributed by atoms with E-state index in [1.165, 1.54) is 19.2 Å². The maximum Gasteiger partial charge on any atom is 0.433 e. The van der Waals surface area contributed by atoms with Gasteiger partial charge in [-0.2, -0.15) is 36.4 Å². The molecule has 0 aliphatic heterocycles. The van der Waals surface area contributed by atoms with Crippen LogP contribution >= 0.6 is 0 Å². The minimum Gasteiger partial charge on any atom is -0.384 e. The van der Waals surface area contributed by atoms with E-state index in [4.69, 9.17) is 10.3 Å². The molecule has 0 saturated heterocycles. The van der Waals surface area contributed by atoms with Crippen molar-refractivity contribution in [2.45, 2.75) is 19.3 Å². The predicted octanol–water partition coefficient (Wildman–Crippen LogP) is 5.44. The molecule has 184 valence electrons. The lowest BCUT2D eigenvalue weighted by molar-refractivity contribution is -0.142. The maximum absolute atomic E-state index is 13.9. The number of nitrogens with two attached hydrogens (primary N) is 1. The fraction of sp³-hybridized carbons (Fsp3) is 0.136. The van der Waals surface area contributed by atoms with Gasteiger partial charge in [0.05, 0.1) is 17.5 Å². The molecule has 2 N–H and O–H groups in total. The third-order valence-corrected chi connectivity index (χ3v) is 5.29. The molecular weight excluding hydrogens is 492 g/mol. The molecule has 5 aromatic rings. The Morgan fingerprint density at radius 2 is 1.69 bits per heavy atom. The number of anilines is 1. The van der Waals surface area contributed by atoms with Gasteiger partial charge in [-0.1, -0.05) is 11.2 Å². The lowest BCUT2D eigenvalue weighted by atomic mass is 10.0. The summed E-state index contributed by atoms with van der Waals surface area (Å²) in [5, 5.41) is 7.61. The molecule has 0 radical (unpaired) electrons. The SMILES string of the molecule is Cc1cc(-c2cc(C(F)(F)F)n3ncc(-c4nc(-c5ccnc(N)c5)no4)c3n2)ccc1C(F)(F)F. The number of aryl methyl sites for hydroxylation is 1. The Morgan fingerprint density at radius 1 is 0.917 bits per heavy atom. The molecule has 0 spiro atoms. The number of alkyl halides is 6. The second-order valence-corrected chi connectivity index (χ2v) is 7.74. The van der Waals surface area contributed by atoms with Crippen molar-refractivity contribution in [3.63, 3.8) is 0 Å². The Morgan fingerprint density at radius 3 is 2.36 bits per heavy atom. The van der Waals surface area contributed by atoms with Crippen molar-refractivity contribution >= 4 is 11.5 Å². The number of rotatable bonds is 3. The average molecular weight is 505 g/mol. The molecule has 0 aliphatic carbocycles. The van der Waals surface area contributed by atoms with Gasteiger partial charge in [-0.3, -0.25) is 0 Å². The van der Waals surface area contributed by atoms with Crippen molar-refractivity contribution in [2.24, 2.45) is 0 Å². The zero-order valence-electron chi connectivity index (χ0n) is 18.1. The van der Waals surface area contributed by atoms with Gasteiger partial charge in [0, 0.05) is 17.3 Å². The van der Waals surface area contributed by atoms with Gasteiger partial charge in [0.25, 0.3) is 5.89 Å². The monoisotopic (exact) mass is 505 g/mol. The van der Waals surface area contributed by atoms with Crippen LogP contribution in [0.4, 0.5) is 32.2 Å². The minimum atomic E-state index is -4.85. The van der Waals surface area contributed by atoms with Crippen molar-refractivity contribution in [1.82, 2.24) is 29.7 Å². The first-order valence-corrected chi connectivity index (χ1v) is 10.1. The van der Waals surface area contributed by atoms with E-state index in [1.54, 1.807) is 6.07 Å². The lowest BCUT2D eigenvalue weighted by Crippen LogP contribution is -2.14. The van der Waals surface area contributed by atoms with Crippen LogP contribution in [0.3, 0.4) is 0 Å². The molecule has 5 rings (SSSR count). The molecule has 8 nitrogen and oxygen atoms in total. The van der Waals surface area contributed by atoms with E-state index < -0.39 is 23.6 Å². The summed E-state index contributed by atoms with van der Waals surface area (Å²) < 4.78 is 86.9. The molecule has 0 amide bonds. The summed E-state index contributed by atoms with van der Waals surface area (Å²) in [6, 6.07) is 6.73. The summed E-state index contributed by atoms with van der Waals surface area (Å²) in [6.07, 6.45) is -6.96. The topological polar surface area (TPSA) is 108 Å². The molecule has 0 atom stereocenters. The van der Waals surface area contributed by atoms with E-state index >= 15 is 0 Å².